The largest absolute Gasteiger partial charge is 0.457 e. The Bertz CT molecular complexity index is 659. The first-order valence-electron chi connectivity index (χ1n) is 9.66. The van der Waals surface area contributed by atoms with E-state index >= 15 is 0 Å². The predicted molar refractivity (Wildman–Crippen MR) is 106 cm³/mol. The molecule has 1 saturated heterocycles. The van der Waals surface area contributed by atoms with Crippen molar-refractivity contribution in [2.24, 2.45) is 5.41 Å². The van der Waals surface area contributed by atoms with Crippen molar-refractivity contribution in [3.05, 3.63) is 47.1 Å². The van der Waals surface area contributed by atoms with Gasteiger partial charge in [0.15, 0.2) is 5.78 Å². The SMILES string of the molecule is CC(C)=CCCC(C)=CCCC(C)=CCC12CC(=O)C=CC1OC(=O)C2. The number of carbonyl (C=O) groups is 2. The predicted octanol–water partition coefficient (Wildman–Crippen LogP) is 5.63. The molecule has 3 nitrogen and oxygen atoms in total. The third-order valence-corrected chi connectivity index (χ3v) is 5.32. The molecule has 1 aliphatic heterocycles. The highest BCUT2D eigenvalue weighted by atomic mass is 16.6. The van der Waals surface area contributed by atoms with E-state index in [1.165, 1.54) is 16.7 Å². The van der Waals surface area contributed by atoms with Crippen LogP contribution in [0.15, 0.2) is 47.1 Å². The smallest absolute Gasteiger partial charge is 0.307 e. The molecule has 0 saturated carbocycles. The van der Waals surface area contributed by atoms with Crippen molar-refractivity contribution in [2.45, 2.75) is 78.7 Å². The van der Waals surface area contributed by atoms with Gasteiger partial charge < -0.3 is 4.74 Å². The Morgan fingerprint density at radius 1 is 1.04 bits per heavy atom. The van der Waals surface area contributed by atoms with Gasteiger partial charge in [0.05, 0.1) is 6.42 Å². The van der Waals surface area contributed by atoms with Gasteiger partial charge in [0.25, 0.3) is 0 Å². The van der Waals surface area contributed by atoms with Gasteiger partial charge in [0.1, 0.15) is 6.10 Å². The van der Waals surface area contributed by atoms with Crippen LogP contribution < -0.4 is 0 Å². The fourth-order valence-electron chi connectivity index (χ4n) is 3.68. The van der Waals surface area contributed by atoms with Crippen LogP contribution >= 0.6 is 0 Å². The van der Waals surface area contributed by atoms with E-state index in [-0.39, 0.29) is 23.3 Å². The lowest BCUT2D eigenvalue weighted by Crippen LogP contribution is -2.34. The first-order chi connectivity index (χ1) is 12.3. The quantitative estimate of drug-likeness (QED) is 0.418. The summed E-state index contributed by atoms with van der Waals surface area (Å²) in [5.74, 6) is -0.0872. The molecule has 0 aromatic rings. The van der Waals surface area contributed by atoms with E-state index in [4.69, 9.17) is 4.74 Å². The molecule has 0 bridgehead atoms. The monoisotopic (exact) mass is 356 g/mol. The van der Waals surface area contributed by atoms with Crippen molar-refractivity contribution >= 4 is 11.8 Å². The highest BCUT2D eigenvalue weighted by Crippen LogP contribution is 2.45. The standard InChI is InChI=1S/C23H32O3/c1-17(2)7-5-8-18(3)9-6-10-19(4)13-14-23-15-20(24)11-12-21(23)26-22(25)16-23/h7,9,11-13,21H,5-6,8,10,14-16H2,1-4H3. The number of esters is 1. The zero-order valence-electron chi connectivity index (χ0n) is 16.6. The molecule has 0 radical (unpaired) electrons. The number of ketones is 1. The fourth-order valence-corrected chi connectivity index (χ4v) is 3.68. The van der Waals surface area contributed by atoms with Gasteiger partial charge in [-0.05, 0) is 72.0 Å². The topological polar surface area (TPSA) is 43.4 Å². The average Bonchev–Trinajstić information content (AvgIpc) is 2.88. The van der Waals surface area contributed by atoms with Crippen molar-refractivity contribution in [2.75, 3.05) is 0 Å². The zero-order valence-corrected chi connectivity index (χ0v) is 16.6. The molecule has 142 valence electrons. The van der Waals surface area contributed by atoms with Crippen LogP contribution in [0.1, 0.15) is 72.6 Å². The number of ether oxygens (including phenoxy) is 1. The summed E-state index contributed by atoms with van der Waals surface area (Å²) >= 11 is 0. The maximum absolute atomic E-state index is 11.9. The molecule has 0 aromatic carbocycles. The first kappa shape index (κ1) is 20.4. The normalized spacial score (nSPS) is 25.9. The molecule has 1 heterocycles. The minimum Gasteiger partial charge on any atom is -0.457 e. The van der Waals surface area contributed by atoms with Gasteiger partial charge in [0.2, 0.25) is 0 Å². The summed E-state index contributed by atoms with van der Waals surface area (Å²) in [5.41, 5.74) is 3.76. The van der Waals surface area contributed by atoms with E-state index in [1.54, 1.807) is 12.2 Å². The summed E-state index contributed by atoms with van der Waals surface area (Å²) < 4.78 is 5.39. The van der Waals surface area contributed by atoms with Gasteiger partial charge in [0, 0.05) is 11.8 Å². The molecule has 0 spiro atoms. The van der Waals surface area contributed by atoms with E-state index in [2.05, 4.69) is 45.9 Å². The van der Waals surface area contributed by atoms with Gasteiger partial charge in [-0.2, -0.15) is 0 Å². The Morgan fingerprint density at radius 3 is 2.38 bits per heavy atom. The molecule has 0 N–H and O–H groups in total. The van der Waals surface area contributed by atoms with E-state index in [1.807, 2.05) is 0 Å². The molecule has 1 fully saturated rings. The van der Waals surface area contributed by atoms with Gasteiger partial charge in [-0.1, -0.05) is 34.9 Å². The summed E-state index contributed by atoms with van der Waals surface area (Å²) in [6, 6.07) is 0. The second-order valence-electron chi connectivity index (χ2n) is 8.12. The second-order valence-corrected chi connectivity index (χ2v) is 8.12. The lowest BCUT2D eigenvalue weighted by atomic mass is 9.71. The molecular weight excluding hydrogens is 324 g/mol. The van der Waals surface area contributed by atoms with E-state index < -0.39 is 0 Å². The van der Waals surface area contributed by atoms with Crippen LogP contribution in [0.2, 0.25) is 0 Å². The summed E-state index contributed by atoms with van der Waals surface area (Å²) in [6.45, 7) is 8.60. The van der Waals surface area contributed by atoms with Crippen LogP contribution in [0.5, 0.6) is 0 Å². The van der Waals surface area contributed by atoms with Crippen LogP contribution in [0.4, 0.5) is 0 Å². The van der Waals surface area contributed by atoms with Crippen molar-refractivity contribution in [1.82, 2.24) is 0 Å². The molecule has 0 amide bonds. The minimum absolute atomic E-state index is 0.0977. The molecule has 3 heteroatoms. The number of rotatable bonds is 8. The molecule has 2 atom stereocenters. The minimum atomic E-state index is -0.361. The van der Waals surface area contributed by atoms with Crippen molar-refractivity contribution in [1.29, 1.82) is 0 Å². The number of carbonyl (C=O) groups excluding carboxylic acids is 2. The van der Waals surface area contributed by atoms with Crippen LogP contribution in [0.3, 0.4) is 0 Å². The summed E-state index contributed by atoms with van der Waals surface area (Å²) in [4.78, 5) is 23.6. The van der Waals surface area contributed by atoms with Crippen molar-refractivity contribution in [3.8, 4) is 0 Å². The Labute approximate surface area is 157 Å². The Hall–Kier alpha value is -1.90. The molecule has 1 aliphatic carbocycles. The van der Waals surface area contributed by atoms with Gasteiger partial charge >= 0.3 is 5.97 Å². The van der Waals surface area contributed by atoms with E-state index in [0.717, 1.165) is 32.1 Å². The third kappa shape index (κ3) is 5.82. The highest BCUT2D eigenvalue weighted by molar-refractivity contribution is 5.92. The summed E-state index contributed by atoms with van der Waals surface area (Å²) in [7, 11) is 0. The molecule has 2 unspecified atom stereocenters. The Kier molecular flexibility index (Phi) is 7.19. The van der Waals surface area contributed by atoms with E-state index in [9.17, 15) is 9.59 Å². The number of allylic oxidation sites excluding steroid dienone is 7. The fraction of sp³-hybridized carbons (Fsp3) is 0.565. The summed E-state index contributed by atoms with van der Waals surface area (Å²) in [5, 5.41) is 0. The Morgan fingerprint density at radius 2 is 1.69 bits per heavy atom. The summed E-state index contributed by atoms with van der Waals surface area (Å²) in [6.07, 6.45) is 15.7. The second kappa shape index (κ2) is 9.16. The lowest BCUT2D eigenvalue weighted by Gasteiger charge is -2.31. The third-order valence-electron chi connectivity index (χ3n) is 5.32. The van der Waals surface area contributed by atoms with Crippen LogP contribution in [0.25, 0.3) is 0 Å². The van der Waals surface area contributed by atoms with Crippen LogP contribution in [-0.2, 0) is 14.3 Å². The maximum Gasteiger partial charge on any atom is 0.307 e. The van der Waals surface area contributed by atoms with Crippen molar-refractivity contribution < 1.29 is 14.3 Å². The lowest BCUT2D eigenvalue weighted by molar-refractivity contribution is -0.140. The molecule has 26 heavy (non-hydrogen) atoms. The van der Waals surface area contributed by atoms with Gasteiger partial charge in [-0.3, -0.25) is 9.59 Å². The molecule has 2 aliphatic rings. The first-order valence-corrected chi connectivity index (χ1v) is 9.66. The number of hydrogen-bond acceptors (Lipinski definition) is 3. The Balaban J connectivity index is 1.86. The zero-order chi connectivity index (χ0) is 19.2. The highest BCUT2D eigenvalue weighted by Gasteiger charge is 2.49. The van der Waals surface area contributed by atoms with Crippen LogP contribution in [-0.4, -0.2) is 17.9 Å². The van der Waals surface area contributed by atoms with E-state index in [0.29, 0.717) is 12.8 Å². The van der Waals surface area contributed by atoms with Crippen molar-refractivity contribution in [3.63, 3.8) is 0 Å². The molecular formula is C23H32O3. The van der Waals surface area contributed by atoms with Crippen LogP contribution in [0, 0.1) is 5.41 Å². The average molecular weight is 357 g/mol. The number of hydrogen-bond donors (Lipinski definition) is 0. The molecule has 2 rings (SSSR count). The van der Waals surface area contributed by atoms with Gasteiger partial charge in [-0.15, -0.1) is 0 Å². The van der Waals surface area contributed by atoms with Gasteiger partial charge in [-0.25, -0.2) is 0 Å². The molecule has 0 aromatic heterocycles. The maximum atomic E-state index is 11.9. The number of fused-ring (bicyclic) bond motifs is 1.